The average molecular weight is 377 g/mol. The molecule has 0 unspecified atom stereocenters. The minimum Gasteiger partial charge on any atom is -0.332 e. The highest BCUT2D eigenvalue weighted by Crippen LogP contribution is 2.58. The molecule has 4 saturated heterocycles. The van der Waals surface area contributed by atoms with Crippen LogP contribution in [0.25, 0.3) is 0 Å². The van der Waals surface area contributed by atoms with Gasteiger partial charge in [0.2, 0.25) is 17.7 Å². The van der Waals surface area contributed by atoms with Gasteiger partial charge in [0.1, 0.15) is 0 Å². The summed E-state index contributed by atoms with van der Waals surface area (Å²) in [6, 6.07) is 9.13. The van der Waals surface area contributed by atoms with Crippen molar-refractivity contribution in [2.45, 2.75) is 12.0 Å². The van der Waals surface area contributed by atoms with Crippen molar-refractivity contribution in [3.8, 4) is 0 Å². The Balaban J connectivity index is 1.51. The normalized spacial score (nSPS) is 41.5. The largest absolute Gasteiger partial charge is 0.332 e. The van der Waals surface area contributed by atoms with Gasteiger partial charge < -0.3 is 9.80 Å². The molecular weight excluding hydrogens is 354 g/mol. The van der Waals surface area contributed by atoms with Gasteiger partial charge in [0, 0.05) is 19.6 Å². The molecule has 28 heavy (non-hydrogen) atoms. The predicted molar refractivity (Wildman–Crippen MR) is 102 cm³/mol. The van der Waals surface area contributed by atoms with Crippen molar-refractivity contribution in [3.63, 3.8) is 0 Å². The predicted octanol–water partition coefficient (Wildman–Crippen LogP) is 1.14. The second kappa shape index (κ2) is 5.32. The van der Waals surface area contributed by atoms with Gasteiger partial charge in [-0.05, 0) is 37.4 Å². The summed E-state index contributed by atoms with van der Waals surface area (Å²) < 4.78 is 0. The van der Waals surface area contributed by atoms with E-state index in [2.05, 4.69) is 18.0 Å². The molecule has 1 aromatic rings. The molecule has 4 fully saturated rings. The zero-order chi connectivity index (χ0) is 19.2. The Morgan fingerprint density at radius 3 is 2.54 bits per heavy atom. The van der Waals surface area contributed by atoms with Crippen LogP contribution in [0.2, 0.25) is 0 Å². The van der Waals surface area contributed by atoms with E-state index in [1.54, 1.807) is 12.1 Å². The number of rotatable bonds is 1. The Labute approximate surface area is 163 Å². The third-order valence-electron chi connectivity index (χ3n) is 7.65. The molecule has 1 aliphatic carbocycles. The van der Waals surface area contributed by atoms with Crippen LogP contribution in [0.15, 0.2) is 42.5 Å². The topological polar surface area (TPSA) is 60.9 Å². The first kappa shape index (κ1) is 16.5. The van der Waals surface area contributed by atoms with Crippen molar-refractivity contribution in [2.24, 2.45) is 29.6 Å². The molecule has 144 valence electrons. The van der Waals surface area contributed by atoms with Crippen molar-refractivity contribution in [2.75, 3.05) is 31.6 Å². The maximum absolute atomic E-state index is 13.7. The van der Waals surface area contributed by atoms with Crippen LogP contribution in [-0.2, 0) is 14.4 Å². The molecule has 6 nitrogen and oxygen atoms in total. The van der Waals surface area contributed by atoms with Gasteiger partial charge in [0.25, 0.3) is 0 Å². The van der Waals surface area contributed by atoms with Crippen LogP contribution >= 0.6 is 0 Å². The van der Waals surface area contributed by atoms with Crippen LogP contribution in [0.3, 0.4) is 0 Å². The number of hydrogen-bond acceptors (Lipinski definition) is 4. The summed E-state index contributed by atoms with van der Waals surface area (Å²) in [6.07, 6.45) is 5.05. The molecule has 6 aliphatic rings. The van der Waals surface area contributed by atoms with Crippen molar-refractivity contribution < 1.29 is 14.4 Å². The van der Waals surface area contributed by atoms with E-state index < -0.39 is 23.3 Å². The Hall–Kier alpha value is -2.47. The van der Waals surface area contributed by atoms with E-state index in [1.165, 1.54) is 4.90 Å². The minimum atomic E-state index is -0.655. The fourth-order valence-electron chi connectivity index (χ4n) is 6.74. The summed E-state index contributed by atoms with van der Waals surface area (Å²) in [5.74, 6) is -1.22. The fourth-order valence-corrected chi connectivity index (χ4v) is 6.74. The van der Waals surface area contributed by atoms with Gasteiger partial charge in [-0.2, -0.15) is 0 Å². The molecule has 6 atom stereocenters. The fraction of sp³-hybridized carbons (Fsp3) is 0.500. The molecule has 5 heterocycles. The Bertz CT molecular complexity index is 926. The van der Waals surface area contributed by atoms with E-state index in [1.807, 2.05) is 29.2 Å². The van der Waals surface area contributed by atoms with Crippen LogP contribution in [-0.4, -0.2) is 59.7 Å². The highest BCUT2D eigenvalue weighted by molar-refractivity contribution is 6.24. The van der Waals surface area contributed by atoms with Gasteiger partial charge in [-0.1, -0.05) is 30.4 Å². The van der Waals surface area contributed by atoms with Crippen molar-refractivity contribution in [3.05, 3.63) is 42.5 Å². The van der Waals surface area contributed by atoms with Crippen LogP contribution < -0.4 is 4.90 Å². The quantitative estimate of drug-likeness (QED) is 0.544. The zero-order valence-corrected chi connectivity index (χ0v) is 15.8. The van der Waals surface area contributed by atoms with Crippen LogP contribution in [0.4, 0.5) is 5.69 Å². The van der Waals surface area contributed by atoms with Gasteiger partial charge in [-0.15, -0.1) is 0 Å². The number of para-hydroxylation sites is 1. The first-order valence-corrected chi connectivity index (χ1v) is 10.1. The minimum absolute atomic E-state index is 0.0408. The third kappa shape index (κ3) is 1.80. The van der Waals surface area contributed by atoms with Crippen LogP contribution in [0.1, 0.15) is 6.42 Å². The van der Waals surface area contributed by atoms with E-state index in [0.29, 0.717) is 18.2 Å². The standard InChI is InChI=1S/C22H23N3O3/c1-23-10-13-9-14(12-23)22-8-7-16(19(26)24(22)11-13)17-18(22)21(28)25(20(17)27)15-5-3-2-4-6-15/h2-8,13-14,16-18H,9-12H2,1H3/t13-,14+,16+,17-,18+,22+/m0/s1. The Morgan fingerprint density at radius 2 is 1.75 bits per heavy atom. The van der Waals surface area contributed by atoms with Gasteiger partial charge in [0.05, 0.1) is 29.0 Å². The summed E-state index contributed by atoms with van der Waals surface area (Å²) in [7, 11) is 2.11. The first-order chi connectivity index (χ1) is 13.5. The molecule has 0 radical (unpaired) electrons. The maximum Gasteiger partial charge on any atom is 0.240 e. The number of nitrogens with zero attached hydrogens (tertiary/aromatic N) is 3. The van der Waals surface area contributed by atoms with Crippen molar-refractivity contribution in [1.29, 1.82) is 0 Å². The number of benzene rings is 1. The summed E-state index contributed by atoms with van der Waals surface area (Å²) in [6.45, 7) is 2.53. The van der Waals surface area contributed by atoms with Crippen LogP contribution in [0, 0.1) is 29.6 Å². The third-order valence-corrected chi connectivity index (χ3v) is 7.65. The smallest absolute Gasteiger partial charge is 0.240 e. The van der Waals surface area contributed by atoms with E-state index >= 15 is 0 Å². The van der Waals surface area contributed by atoms with Gasteiger partial charge in [-0.3, -0.25) is 14.4 Å². The number of amides is 3. The van der Waals surface area contributed by atoms with E-state index in [4.69, 9.17) is 0 Å². The summed E-state index contributed by atoms with van der Waals surface area (Å²) in [5, 5.41) is 0. The number of carbonyl (C=O) groups is 3. The van der Waals surface area contributed by atoms with Crippen molar-refractivity contribution >= 4 is 23.4 Å². The number of piperidine rings is 3. The van der Waals surface area contributed by atoms with Gasteiger partial charge in [-0.25, -0.2) is 4.90 Å². The Morgan fingerprint density at radius 1 is 0.964 bits per heavy atom. The number of likely N-dealkylation sites (tertiary alicyclic amines) is 1. The highest BCUT2D eigenvalue weighted by Gasteiger charge is 2.71. The SMILES string of the molecule is CN1C[C@@H]2C[C@H](C1)[C@@]13C=C[C@@H](C(=O)N1C2)[C@@H]1C(=O)N(c2ccccc2)C(=O)[C@@H]13. The molecule has 0 N–H and O–H groups in total. The summed E-state index contributed by atoms with van der Waals surface area (Å²) in [5.41, 5.74) is -0.0473. The lowest BCUT2D eigenvalue weighted by Gasteiger charge is -2.64. The van der Waals surface area contributed by atoms with Gasteiger partial charge >= 0.3 is 0 Å². The van der Waals surface area contributed by atoms with Crippen molar-refractivity contribution in [1.82, 2.24) is 9.80 Å². The molecular formula is C22H23N3O3. The lowest BCUT2D eigenvalue weighted by atomic mass is 9.54. The molecule has 5 aliphatic heterocycles. The lowest BCUT2D eigenvalue weighted by molar-refractivity contribution is -0.176. The number of fused-ring (bicyclic) bond motifs is 2. The number of hydrogen-bond donors (Lipinski definition) is 0. The lowest BCUT2D eigenvalue weighted by Crippen LogP contribution is -2.75. The molecule has 0 saturated carbocycles. The molecule has 0 aromatic heterocycles. The van der Waals surface area contributed by atoms with E-state index in [-0.39, 0.29) is 23.6 Å². The second-order valence-corrected chi connectivity index (χ2v) is 9.09. The van der Waals surface area contributed by atoms with E-state index in [0.717, 1.165) is 19.5 Å². The molecule has 6 heteroatoms. The highest BCUT2D eigenvalue weighted by atomic mass is 16.2. The molecule has 7 rings (SSSR count). The molecule has 4 bridgehead atoms. The number of anilines is 1. The van der Waals surface area contributed by atoms with Gasteiger partial charge in [0.15, 0.2) is 0 Å². The van der Waals surface area contributed by atoms with E-state index in [9.17, 15) is 14.4 Å². The summed E-state index contributed by atoms with van der Waals surface area (Å²) in [4.78, 5) is 46.0. The number of carbonyl (C=O) groups excluding carboxylic acids is 3. The molecule has 1 spiro atoms. The average Bonchev–Trinajstić information content (AvgIpc) is 2.96. The first-order valence-electron chi connectivity index (χ1n) is 10.1. The summed E-state index contributed by atoms with van der Waals surface area (Å²) >= 11 is 0. The zero-order valence-electron chi connectivity index (χ0n) is 15.8. The second-order valence-electron chi connectivity index (χ2n) is 9.09. The monoisotopic (exact) mass is 377 g/mol. The number of imide groups is 1. The van der Waals surface area contributed by atoms with Crippen LogP contribution in [0.5, 0.6) is 0 Å². The Kier molecular flexibility index (Phi) is 3.13. The molecule has 3 amide bonds. The maximum atomic E-state index is 13.7. The molecule has 1 aromatic carbocycles.